The SMILES string of the molecule is CC1=CCC=c2ccc3cccc4ccc1c2c43. The van der Waals surface area contributed by atoms with Crippen molar-refractivity contribution in [3.8, 4) is 0 Å². The fraction of sp³-hybridized carbons (Fsp3) is 0.111. The Hall–Kier alpha value is -2.08. The minimum absolute atomic E-state index is 1.03. The van der Waals surface area contributed by atoms with Crippen LogP contribution in [0.2, 0.25) is 0 Å². The maximum Gasteiger partial charge on any atom is -0.00268 e. The van der Waals surface area contributed by atoms with Crippen LogP contribution in [0.5, 0.6) is 0 Å². The molecule has 0 fully saturated rings. The lowest BCUT2D eigenvalue weighted by atomic mass is 9.93. The normalized spacial score (nSPS) is 14.4. The summed E-state index contributed by atoms with van der Waals surface area (Å²) in [4.78, 5) is 0. The second-order valence-corrected chi connectivity index (χ2v) is 5.05. The summed E-state index contributed by atoms with van der Waals surface area (Å²) in [7, 11) is 0. The fourth-order valence-corrected chi connectivity index (χ4v) is 3.08. The van der Waals surface area contributed by atoms with Crippen molar-refractivity contribution >= 4 is 33.2 Å². The number of benzene rings is 3. The van der Waals surface area contributed by atoms with E-state index in [0.29, 0.717) is 0 Å². The van der Waals surface area contributed by atoms with E-state index in [4.69, 9.17) is 0 Å². The van der Waals surface area contributed by atoms with Gasteiger partial charge >= 0.3 is 0 Å². The van der Waals surface area contributed by atoms with E-state index >= 15 is 0 Å². The molecule has 0 saturated carbocycles. The van der Waals surface area contributed by atoms with E-state index < -0.39 is 0 Å². The third-order valence-corrected chi connectivity index (χ3v) is 4.00. The van der Waals surface area contributed by atoms with Gasteiger partial charge < -0.3 is 0 Å². The van der Waals surface area contributed by atoms with Crippen LogP contribution in [0.25, 0.3) is 33.2 Å². The summed E-state index contributed by atoms with van der Waals surface area (Å²) in [5.41, 5.74) is 2.78. The van der Waals surface area contributed by atoms with Gasteiger partial charge in [0.25, 0.3) is 0 Å². The Balaban J connectivity index is 2.40. The van der Waals surface area contributed by atoms with Gasteiger partial charge in [-0.25, -0.2) is 0 Å². The zero-order valence-electron chi connectivity index (χ0n) is 10.4. The van der Waals surface area contributed by atoms with Crippen molar-refractivity contribution < 1.29 is 0 Å². The van der Waals surface area contributed by atoms with Crippen molar-refractivity contribution in [2.45, 2.75) is 13.3 Å². The molecule has 3 aromatic rings. The molecule has 86 valence electrons. The first-order chi connectivity index (χ1) is 8.84. The highest BCUT2D eigenvalue weighted by molar-refractivity contribution is 6.13. The van der Waals surface area contributed by atoms with Crippen LogP contribution in [0, 0.1) is 0 Å². The van der Waals surface area contributed by atoms with Gasteiger partial charge in [0.2, 0.25) is 0 Å². The van der Waals surface area contributed by atoms with Gasteiger partial charge in [-0.3, -0.25) is 0 Å². The number of hydrogen-bond acceptors (Lipinski definition) is 0. The van der Waals surface area contributed by atoms with Crippen molar-refractivity contribution in [2.75, 3.05) is 0 Å². The van der Waals surface area contributed by atoms with Crippen LogP contribution in [0.1, 0.15) is 18.9 Å². The molecular weight excluding hydrogens is 216 g/mol. The monoisotopic (exact) mass is 230 g/mol. The van der Waals surface area contributed by atoms with Gasteiger partial charge in [-0.15, -0.1) is 0 Å². The lowest BCUT2D eigenvalue weighted by Gasteiger charge is -2.11. The molecule has 1 aliphatic carbocycles. The smallest absolute Gasteiger partial charge is 0.00268 e. The number of allylic oxidation sites excluding steroid dienone is 2. The predicted molar refractivity (Wildman–Crippen MR) is 79.4 cm³/mol. The molecule has 0 aliphatic heterocycles. The summed E-state index contributed by atoms with van der Waals surface area (Å²) in [5.74, 6) is 0. The first kappa shape index (κ1) is 9.90. The zero-order chi connectivity index (χ0) is 12.1. The molecule has 0 radical (unpaired) electrons. The lowest BCUT2D eigenvalue weighted by Crippen LogP contribution is -2.03. The molecule has 0 unspecified atom stereocenters. The average Bonchev–Trinajstić information content (AvgIpc) is 2.57. The van der Waals surface area contributed by atoms with Crippen LogP contribution in [0.15, 0.2) is 48.5 Å². The second-order valence-electron chi connectivity index (χ2n) is 5.05. The first-order valence-corrected chi connectivity index (χ1v) is 6.46. The summed E-state index contributed by atoms with van der Waals surface area (Å²) in [6, 6.07) is 15.6. The number of rotatable bonds is 0. The van der Waals surface area contributed by atoms with Crippen molar-refractivity contribution in [1.82, 2.24) is 0 Å². The van der Waals surface area contributed by atoms with Gasteiger partial charge in [-0.1, -0.05) is 54.6 Å². The van der Waals surface area contributed by atoms with Gasteiger partial charge in [0, 0.05) is 0 Å². The minimum Gasteiger partial charge on any atom is -0.0772 e. The molecular formula is C18H14. The summed E-state index contributed by atoms with van der Waals surface area (Å²) < 4.78 is 0. The van der Waals surface area contributed by atoms with E-state index in [2.05, 4.69) is 61.5 Å². The molecule has 0 spiro atoms. The molecule has 18 heavy (non-hydrogen) atoms. The van der Waals surface area contributed by atoms with Crippen LogP contribution in [-0.4, -0.2) is 0 Å². The second kappa shape index (κ2) is 3.46. The molecule has 1 aliphatic rings. The molecule has 0 saturated heterocycles. The van der Waals surface area contributed by atoms with Crippen LogP contribution >= 0.6 is 0 Å². The topological polar surface area (TPSA) is 0 Å². The number of hydrogen-bond donors (Lipinski definition) is 0. The molecule has 0 atom stereocenters. The maximum absolute atomic E-state index is 2.33. The van der Waals surface area contributed by atoms with Crippen LogP contribution in [-0.2, 0) is 0 Å². The minimum atomic E-state index is 1.03. The molecule has 0 N–H and O–H groups in total. The van der Waals surface area contributed by atoms with E-state index in [1.165, 1.54) is 37.9 Å². The van der Waals surface area contributed by atoms with E-state index in [1.54, 1.807) is 0 Å². The standard InChI is InChI=1S/C18H14/c1-12-4-2-5-15-9-8-13-6-3-7-14-10-11-16(12)18(15)17(13)14/h3-11H,2H2,1H3. The Kier molecular flexibility index (Phi) is 1.90. The Morgan fingerprint density at radius 2 is 1.56 bits per heavy atom. The van der Waals surface area contributed by atoms with Gasteiger partial charge in [0.1, 0.15) is 0 Å². The molecule has 0 heteroatoms. The van der Waals surface area contributed by atoms with E-state index in [9.17, 15) is 0 Å². The fourth-order valence-electron chi connectivity index (χ4n) is 3.08. The highest BCUT2D eigenvalue weighted by Gasteiger charge is 2.10. The Morgan fingerprint density at radius 3 is 2.39 bits per heavy atom. The van der Waals surface area contributed by atoms with Crippen molar-refractivity contribution in [2.24, 2.45) is 0 Å². The highest BCUT2D eigenvalue weighted by Crippen LogP contribution is 2.31. The summed E-state index contributed by atoms with van der Waals surface area (Å²) in [6.45, 7) is 2.22. The van der Waals surface area contributed by atoms with Crippen molar-refractivity contribution in [3.05, 3.63) is 59.3 Å². The first-order valence-electron chi connectivity index (χ1n) is 6.46. The Labute approximate surface area is 106 Å². The van der Waals surface area contributed by atoms with Crippen LogP contribution in [0.3, 0.4) is 0 Å². The molecule has 0 amide bonds. The molecule has 0 bridgehead atoms. The van der Waals surface area contributed by atoms with E-state index in [1.807, 2.05) is 0 Å². The molecule has 0 heterocycles. The summed E-state index contributed by atoms with van der Waals surface area (Å²) in [6.07, 6.45) is 5.69. The largest absolute Gasteiger partial charge is 0.0772 e. The van der Waals surface area contributed by atoms with Crippen molar-refractivity contribution in [3.63, 3.8) is 0 Å². The molecule has 3 aromatic carbocycles. The summed E-state index contributed by atoms with van der Waals surface area (Å²) >= 11 is 0. The average molecular weight is 230 g/mol. The van der Waals surface area contributed by atoms with Gasteiger partial charge in [0.15, 0.2) is 0 Å². The van der Waals surface area contributed by atoms with E-state index in [0.717, 1.165) is 6.42 Å². The zero-order valence-corrected chi connectivity index (χ0v) is 10.4. The van der Waals surface area contributed by atoms with Gasteiger partial charge in [0.05, 0.1) is 0 Å². The predicted octanol–water partition coefficient (Wildman–Crippen LogP) is 4.30. The van der Waals surface area contributed by atoms with Crippen molar-refractivity contribution in [1.29, 1.82) is 0 Å². The molecule has 4 rings (SSSR count). The van der Waals surface area contributed by atoms with Crippen LogP contribution < -0.4 is 5.22 Å². The lowest BCUT2D eigenvalue weighted by molar-refractivity contribution is 1.48. The molecule has 0 aromatic heterocycles. The van der Waals surface area contributed by atoms with E-state index in [-0.39, 0.29) is 0 Å². The molecule has 0 nitrogen and oxygen atoms in total. The van der Waals surface area contributed by atoms with Crippen LogP contribution in [0.4, 0.5) is 0 Å². The third kappa shape index (κ3) is 1.20. The summed E-state index contributed by atoms with van der Waals surface area (Å²) in [5, 5.41) is 6.91. The highest BCUT2D eigenvalue weighted by atomic mass is 14.1. The Morgan fingerprint density at radius 1 is 0.778 bits per heavy atom. The quantitative estimate of drug-likeness (QED) is 0.540. The Bertz CT molecular complexity index is 835. The van der Waals surface area contributed by atoms with Gasteiger partial charge in [-0.2, -0.15) is 0 Å². The van der Waals surface area contributed by atoms with Gasteiger partial charge in [-0.05, 0) is 51.2 Å². The maximum atomic E-state index is 2.33. The third-order valence-electron chi connectivity index (χ3n) is 4.00.